The Labute approximate surface area is 64.0 Å². The molecule has 10 heavy (non-hydrogen) atoms. The summed E-state index contributed by atoms with van der Waals surface area (Å²) in [5, 5.41) is 2.00. The highest BCUT2D eigenvalue weighted by Gasteiger charge is 1.88. The molecule has 0 spiro atoms. The van der Waals surface area contributed by atoms with Gasteiger partial charge < -0.3 is 0 Å². The molecule has 0 unspecified atom stereocenters. The number of hydrogen-bond acceptors (Lipinski definition) is 2. The highest BCUT2D eigenvalue weighted by atomic mass is 32.1. The van der Waals surface area contributed by atoms with Crippen molar-refractivity contribution in [2.75, 3.05) is 0 Å². The summed E-state index contributed by atoms with van der Waals surface area (Å²) in [7, 11) is 0. The van der Waals surface area contributed by atoms with Gasteiger partial charge in [0, 0.05) is 4.53 Å². The monoisotopic (exact) mass is 151 g/mol. The summed E-state index contributed by atoms with van der Waals surface area (Å²) in [5.41, 5.74) is 0. The second-order valence-corrected chi connectivity index (χ2v) is 3.23. The summed E-state index contributed by atoms with van der Waals surface area (Å²) >= 11 is 1.61. The summed E-state index contributed by atoms with van der Waals surface area (Å²) < 4.78 is 1.01. The predicted octanol–water partition coefficient (Wildman–Crippen LogP) is 0.828. The third-order valence-corrected chi connectivity index (χ3v) is 1.95. The van der Waals surface area contributed by atoms with Crippen molar-refractivity contribution >= 4 is 24.0 Å². The molecule has 0 atom stereocenters. The van der Waals surface area contributed by atoms with Gasteiger partial charge in [-0.1, -0.05) is 19.2 Å². The van der Waals surface area contributed by atoms with E-state index in [1.807, 2.05) is 13.0 Å². The first kappa shape index (κ1) is 7.22. The predicted molar refractivity (Wildman–Crippen MR) is 46.3 cm³/mol. The molecule has 1 heterocycles. The van der Waals surface area contributed by atoms with Crippen LogP contribution < -0.4 is 9.88 Å². The Morgan fingerprint density at radius 3 is 2.70 bits per heavy atom. The van der Waals surface area contributed by atoms with Crippen LogP contribution in [0.25, 0.3) is 12.7 Å². The minimum Gasteiger partial charge on any atom is -0.242 e. The van der Waals surface area contributed by atoms with Gasteiger partial charge in [-0.2, -0.15) is 0 Å². The lowest BCUT2D eigenvalue weighted by Crippen LogP contribution is -2.18. The van der Waals surface area contributed by atoms with Gasteiger partial charge in [-0.3, -0.25) is 0 Å². The summed E-state index contributed by atoms with van der Waals surface area (Å²) in [6.45, 7) is 9.40. The molecule has 0 saturated carbocycles. The topological polar surface area (TPSA) is 12.9 Å². The van der Waals surface area contributed by atoms with Crippen molar-refractivity contribution in [1.82, 2.24) is 4.98 Å². The maximum absolute atomic E-state index is 4.23. The molecule has 52 valence electrons. The van der Waals surface area contributed by atoms with Gasteiger partial charge in [-0.15, -0.1) is 11.3 Å². The quantitative estimate of drug-likeness (QED) is 0.579. The molecule has 0 N–H and O–H groups in total. The molecule has 0 aliphatic rings. The van der Waals surface area contributed by atoms with Crippen molar-refractivity contribution in [3.63, 3.8) is 0 Å². The molecule has 0 fully saturated rings. The maximum atomic E-state index is 4.23. The van der Waals surface area contributed by atoms with Crippen LogP contribution in [0.15, 0.2) is 12.7 Å². The Kier molecular flexibility index (Phi) is 2.02. The van der Waals surface area contributed by atoms with Crippen molar-refractivity contribution in [2.24, 2.45) is 0 Å². The smallest absolute Gasteiger partial charge is 0.0907 e. The lowest BCUT2D eigenvalue weighted by molar-refractivity contribution is 1.23. The van der Waals surface area contributed by atoms with E-state index >= 15 is 0 Å². The molecule has 0 saturated heterocycles. The number of aryl methyl sites for hydroxylation is 1. The number of aromatic nitrogens is 1. The van der Waals surface area contributed by atoms with E-state index in [2.05, 4.69) is 18.1 Å². The van der Waals surface area contributed by atoms with Gasteiger partial charge in [-0.25, -0.2) is 4.98 Å². The molecule has 0 aliphatic carbocycles. The second-order valence-electron chi connectivity index (χ2n) is 1.94. The van der Waals surface area contributed by atoms with Crippen molar-refractivity contribution in [3.8, 4) is 0 Å². The Morgan fingerprint density at radius 2 is 2.30 bits per heavy atom. The molecule has 0 bridgehead atoms. The third kappa shape index (κ3) is 1.33. The van der Waals surface area contributed by atoms with Gasteiger partial charge in [-0.05, 0) is 13.0 Å². The van der Waals surface area contributed by atoms with E-state index in [9.17, 15) is 0 Å². The van der Waals surface area contributed by atoms with Crippen LogP contribution in [0.1, 0.15) is 5.01 Å². The van der Waals surface area contributed by atoms with Crippen LogP contribution in [0.3, 0.4) is 0 Å². The van der Waals surface area contributed by atoms with Crippen LogP contribution in [0.2, 0.25) is 0 Å². The second kappa shape index (κ2) is 2.80. The van der Waals surface area contributed by atoms with Gasteiger partial charge in [0.2, 0.25) is 0 Å². The summed E-state index contributed by atoms with van der Waals surface area (Å²) in [5.74, 6) is 0. The molecule has 1 aromatic rings. The van der Waals surface area contributed by atoms with E-state index in [1.165, 1.54) is 0 Å². The van der Waals surface area contributed by atoms with Gasteiger partial charge >= 0.3 is 0 Å². The fraction of sp³-hybridized carbons (Fsp3) is 0.125. The highest BCUT2D eigenvalue weighted by molar-refractivity contribution is 7.09. The molecule has 0 aliphatic heterocycles. The lowest BCUT2D eigenvalue weighted by Gasteiger charge is -1.69. The molecule has 0 radical (unpaired) electrons. The highest BCUT2D eigenvalue weighted by Crippen LogP contribution is 1.88. The summed E-state index contributed by atoms with van der Waals surface area (Å²) in [6.07, 6.45) is 3.59. The van der Waals surface area contributed by atoms with Crippen molar-refractivity contribution < 1.29 is 0 Å². The standard InChI is InChI=1S/C8H9NS/c1-4-5-8-6(2)10-7(3)9-8/h4-5H,1-2H2,3H3/b8-5+. The van der Waals surface area contributed by atoms with Gasteiger partial charge in [0.25, 0.3) is 0 Å². The van der Waals surface area contributed by atoms with Gasteiger partial charge in [0.05, 0.1) is 10.4 Å². The Bertz CT molecular complexity index is 335. The molecule has 1 rings (SSSR count). The number of allylic oxidation sites excluding steroid dienone is 1. The maximum Gasteiger partial charge on any atom is 0.0907 e. The first-order valence-corrected chi connectivity index (χ1v) is 3.81. The third-order valence-electron chi connectivity index (χ3n) is 1.11. The number of nitrogens with zero attached hydrogens (tertiary/aromatic N) is 1. The average Bonchev–Trinajstić information content (AvgIpc) is 2.13. The Hall–Kier alpha value is -0.890. The zero-order valence-electron chi connectivity index (χ0n) is 5.92. The molecule has 2 heteroatoms. The molecule has 0 aromatic carbocycles. The minimum atomic E-state index is 0.942. The van der Waals surface area contributed by atoms with E-state index in [4.69, 9.17) is 0 Å². The van der Waals surface area contributed by atoms with E-state index < -0.39 is 0 Å². The molecule has 1 nitrogen and oxygen atoms in total. The first-order valence-electron chi connectivity index (χ1n) is 2.99. The van der Waals surface area contributed by atoms with Gasteiger partial charge in [0.1, 0.15) is 0 Å². The molecule has 1 aromatic heterocycles. The molecular formula is C8H9NS. The van der Waals surface area contributed by atoms with E-state index in [0.29, 0.717) is 0 Å². The van der Waals surface area contributed by atoms with Gasteiger partial charge in [0.15, 0.2) is 0 Å². The molecule has 0 amide bonds. The fourth-order valence-electron chi connectivity index (χ4n) is 0.727. The number of thiazole rings is 1. The molecular weight excluding hydrogens is 142 g/mol. The van der Waals surface area contributed by atoms with E-state index in [-0.39, 0.29) is 0 Å². The number of rotatable bonds is 1. The summed E-state index contributed by atoms with van der Waals surface area (Å²) in [6, 6.07) is 0. The first-order chi connectivity index (χ1) is 4.74. The van der Waals surface area contributed by atoms with Crippen molar-refractivity contribution in [2.45, 2.75) is 6.92 Å². The van der Waals surface area contributed by atoms with Crippen LogP contribution in [0.4, 0.5) is 0 Å². The lowest BCUT2D eigenvalue weighted by atomic mass is 10.5. The average molecular weight is 151 g/mol. The van der Waals surface area contributed by atoms with Crippen LogP contribution in [-0.2, 0) is 0 Å². The zero-order chi connectivity index (χ0) is 7.56. The Balaban J connectivity index is 3.42. The van der Waals surface area contributed by atoms with Crippen molar-refractivity contribution in [3.05, 3.63) is 27.5 Å². The van der Waals surface area contributed by atoms with Crippen LogP contribution in [-0.4, -0.2) is 4.98 Å². The zero-order valence-corrected chi connectivity index (χ0v) is 6.74. The fourth-order valence-corrected chi connectivity index (χ4v) is 1.45. The van der Waals surface area contributed by atoms with Crippen LogP contribution in [0.5, 0.6) is 0 Å². The van der Waals surface area contributed by atoms with E-state index in [1.54, 1.807) is 17.4 Å². The minimum absolute atomic E-state index is 0.942. The van der Waals surface area contributed by atoms with Crippen molar-refractivity contribution in [1.29, 1.82) is 0 Å². The van der Waals surface area contributed by atoms with Crippen LogP contribution >= 0.6 is 11.3 Å². The summed E-state index contributed by atoms with van der Waals surface area (Å²) in [4.78, 5) is 4.23. The normalized spacial score (nSPS) is 11.9. The van der Waals surface area contributed by atoms with E-state index in [0.717, 1.165) is 14.9 Å². The Morgan fingerprint density at radius 1 is 1.60 bits per heavy atom. The largest absolute Gasteiger partial charge is 0.242 e. The van der Waals surface area contributed by atoms with Crippen LogP contribution in [0, 0.1) is 6.92 Å². The SMILES string of the molecule is C=C/C=c1/nc(C)sc1=C. The number of hydrogen-bond donors (Lipinski definition) is 0.